The van der Waals surface area contributed by atoms with Gasteiger partial charge in [0, 0.05) is 5.56 Å². The summed E-state index contributed by atoms with van der Waals surface area (Å²) in [6.45, 7) is 3.62. The fraction of sp³-hybridized carbons (Fsp3) is 0.0800. The van der Waals surface area contributed by atoms with Crippen LogP contribution >= 0.6 is 11.3 Å². The normalized spacial score (nSPS) is 11.2. The van der Waals surface area contributed by atoms with Crippen LogP contribution in [-0.4, -0.2) is 11.0 Å². The minimum atomic E-state index is -0.450. The van der Waals surface area contributed by atoms with Crippen LogP contribution in [0.5, 0.6) is 5.75 Å². The van der Waals surface area contributed by atoms with Gasteiger partial charge in [-0.05, 0) is 49.7 Å². The second-order valence-electron chi connectivity index (χ2n) is 7.24. The maximum absolute atomic E-state index is 13.2. The van der Waals surface area contributed by atoms with Gasteiger partial charge in [0.1, 0.15) is 22.6 Å². The van der Waals surface area contributed by atoms with Crippen molar-refractivity contribution in [1.29, 1.82) is 0 Å². The number of hydrogen-bond acceptors (Lipinski definition) is 6. The summed E-state index contributed by atoms with van der Waals surface area (Å²) in [5.41, 5.74) is 3.40. The highest BCUT2D eigenvalue weighted by atomic mass is 32.1. The molecule has 5 aromatic rings. The fourth-order valence-corrected chi connectivity index (χ4v) is 4.49. The van der Waals surface area contributed by atoms with Crippen LogP contribution in [0.4, 0.5) is 0 Å². The number of nitrogens with zero attached hydrogens (tertiary/aromatic N) is 1. The third-order valence-corrected chi connectivity index (χ3v) is 6.30. The molecule has 0 unspecified atom stereocenters. The first-order chi connectivity index (χ1) is 15.0. The number of fused-ring (bicyclic) bond motifs is 2. The first-order valence-corrected chi connectivity index (χ1v) is 10.5. The molecular weight excluding hydrogens is 410 g/mol. The zero-order valence-electron chi connectivity index (χ0n) is 16.8. The lowest BCUT2D eigenvalue weighted by atomic mass is 10.1. The molecule has 152 valence electrons. The Kier molecular flexibility index (Phi) is 4.64. The molecule has 3 aromatic carbocycles. The van der Waals surface area contributed by atoms with E-state index in [9.17, 15) is 9.59 Å². The van der Waals surface area contributed by atoms with Crippen molar-refractivity contribution in [3.05, 3.63) is 93.8 Å². The Bertz CT molecular complexity index is 1500. The van der Waals surface area contributed by atoms with Crippen molar-refractivity contribution >= 4 is 38.5 Å². The number of carbonyl (C=O) groups is 1. The molecule has 0 atom stereocenters. The molecule has 0 saturated carbocycles. The molecule has 0 bridgehead atoms. The molecule has 0 radical (unpaired) electrons. The third kappa shape index (κ3) is 3.31. The lowest BCUT2D eigenvalue weighted by molar-refractivity contribution is 0.0733. The first-order valence-electron chi connectivity index (χ1n) is 9.72. The van der Waals surface area contributed by atoms with Gasteiger partial charge in [0.2, 0.25) is 5.43 Å². The molecular formula is C25H17NO4S. The highest BCUT2D eigenvalue weighted by Gasteiger charge is 2.18. The average Bonchev–Trinajstić information content (AvgIpc) is 3.20. The predicted molar refractivity (Wildman–Crippen MR) is 122 cm³/mol. The molecule has 0 aliphatic heterocycles. The van der Waals surface area contributed by atoms with E-state index in [1.165, 1.54) is 17.6 Å². The van der Waals surface area contributed by atoms with Crippen LogP contribution in [0.2, 0.25) is 0 Å². The van der Waals surface area contributed by atoms with E-state index in [2.05, 4.69) is 4.98 Å². The molecule has 0 spiro atoms. The summed E-state index contributed by atoms with van der Waals surface area (Å²) < 4.78 is 12.4. The van der Waals surface area contributed by atoms with Crippen molar-refractivity contribution in [2.24, 2.45) is 0 Å². The summed E-state index contributed by atoms with van der Waals surface area (Å²) >= 11 is 1.45. The molecule has 2 aromatic heterocycles. The molecule has 0 amide bonds. The van der Waals surface area contributed by atoms with E-state index >= 15 is 0 Å². The molecule has 0 aliphatic rings. The van der Waals surface area contributed by atoms with E-state index in [0.29, 0.717) is 38.4 Å². The number of carbonyl (C=O) groups excluding carboxylic acids is 1. The SMILES string of the molecule is Cc1ccccc1C(=O)Oc1ccc2c(=O)c(-c3nc4ccccc4s3)coc2c1C. The Morgan fingerprint density at radius 1 is 1.00 bits per heavy atom. The second-order valence-corrected chi connectivity index (χ2v) is 8.27. The maximum Gasteiger partial charge on any atom is 0.343 e. The average molecular weight is 427 g/mol. The van der Waals surface area contributed by atoms with Gasteiger partial charge in [-0.2, -0.15) is 0 Å². The standard InChI is InChI=1S/C25H17NO4S/c1-14-7-3-4-8-16(14)25(28)30-20-12-11-17-22(27)18(13-29-23(17)15(20)2)24-26-19-9-5-6-10-21(19)31-24/h3-13H,1-2H3. The molecule has 5 rings (SSSR count). The van der Waals surface area contributed by atoms with Gasteiger partial charge in [0.15, 0.2) is 0 Å². The Morgan fingerprint density at radius 3 is 2.58 bits per heavy atom. The zero-order chi connectivity index (χ0) is 21.5. The smallest absolute Gasteiger partial charge is 0.343 e. The van der Waals surface area contributed by atoms with E-state index in [4.69, 9.17) is 9.15 Å². The van der Waals surface area contributed by atoms with Gasteiger partial charge < -0.3 is 9.15 Å². The van der Waals surface area contributed by atoms with E-state index < -0.39 is 5.97 Å². The zero-order valence-corrected chi connectivity index (χ0v) is 17.7. The molecule has 0 fully saturated rings. The monoisotopic (exact) mass is 427 g/mol. The van der Waals surface area contributed by atoms with Crippen molar-refractivity contribution in [2.45, 2.75) is 13.8 Å². The van der Waals surface area contributed by atoms with Gasteiger partial charge in [-0.1, -0.05) is 30.3 Å². The lowest BCUT2D eigenvalue weighted by Gasteiger charge is -2.10. The molecule has 6 heteroatoms. The summed E-state index contributed by atoms with van der Waals surface area (Å²) in [6, 6.07) is 18.2. The molecule has 31 heavy (non-hydrogen) atoms. The van der Waals surface area contributed by atoms with Gasteiger partial charge in [0.05, 0.1) is 26.7 Å². The van der Waals surface area contributed by atoms with Crippen LogP contribution in [0.25, 0.3) is 31.8 Å². The van der Waals surface area contributed by atoms with Crippen LogP contribution in [0, 0.1) is 13.8 Å². The van der Waals surface area contributed by atoms with Crippen molar-refractivity contribution in [3.63, 3.8) is 0 Å². The molecule has 0 N–H and O–H groups in total. The van der Waals surface area contributed by atoms with Gasteiger partial charge in [-0.15, -0.1) is 11.3 Å². The Hall–Kier alpha value is -3.77. The summed E-state index contributed by atoms with van der Waals surface area (Å²) in [5, 5.41) is 1.04. The number of esters is 1. The van der Waals surface area contributed by atoms with Gasteiger partial charge >= 0.3 is 5.97 Å². The highest BCUT2D eigenvalue weighted by Crippen LogP contribution is 2.32. The Balaban J connectivity index is 1.55. The summed E-state index contributed by atoms with van der Waals surface area (Å²) in [5.74, 6) is -0.0920. The van der Waals surface area contributed by atoms with Gasteiger partial charge in [-0.3, -0.25) is 4.79 Å². The summed E-state index contributed by atoms with van der Waals surface area (Å²) in [7, 11) is 0. The van der Waals surface area contributed by atoms with Crippen LogP contribution in [0.3, 0.4) is 0 Å². The number of aryl methyl sites for hydroxylation is 2. The molecule has 5 nitrogen and oxygen atoms in total. The number of para-hydroxylation sites is 1. The Labute approximate surface area is 181 Å². The molecule has 0 aliphatic carbocycles. The minimum Gasteiger partial charge on any atom is -0.463 e. The van der Waals surface area contributed by atoms with E-state index in [1.807, 2.05) is 43.3 Å². The number of thiazole rings is 1. The summed E-state index contributed by atoms with van der Waals surface area (Å²) in [4.78, 5) is 30.3. The predicted octanol–water partition coefficient (Wildman–Crippen LogP) is 5.91. The minimum absolute atomic E-state index is 0.166. The van der Waals surface area contributed by atoms with Crippen LogP contribution in [-0.2, 0) is 0 Å². The van der Waals surface area contributed by atoms with Gasteiger partial charge in [0.25, 0.3) is 0 Å². The largest absolute Gasteiger partial charge is 0.463 e. The van der Waals surface area contributed by atoms with Crippen molar-refractivity contribution in [2.75, 3.05) is 0 Å². The second kappa shape index (κ2) is 7.49. The number of rotatable bonds is 3. The third-order valence-electron chi connectivity index (χ3n) is 5.23. The molecule has 2 heterocycles. The number of aromatic nitrogens is 1. The molecule has 0 saturated heterocycles. The van der Waals surface area contributed by atoms with Crippen LogP contribution in [0.1, 0.15) is 21.5 Å². The number of ether oxygens (including phenoxy) is 1. The van der Waals surface area contributed by atoms with Crippen LogP contribution in [0.15, 0.2) is 76.1 Å². The topological polar surface area (TPSA) is 69.4 Å². The fourth-order valence-electron chi connectivity index (χ4n) is 3.52. The Morgan fingerprint density at radius 2 is 1.77 bits per heavy atom. The van der Waals surface area contributed by atoms with E-state index in [0.717, 1.165) is 15.8 Å². The van der Waals surface area contributed by atoms with E-state index in [1.54, 1.807) is 31.2 Å². The first kappa shape index (κ1) is 19.2. The van der Waals surface area contributed by atoms with Crippen molar-refractivity contribution < 1.29 is 13.9 Å². The van der Waals surface area contributed by atoms with Crippen LogP contribution < -0.4 is 10.2 Å². The quantitative estimate of drug-likeness (QED) is 0.265. The summed E-state index contributed by atoms with van der Waals surface area (Å²) in [6.07, 6.45) is 1.43. The highest BCUT2D eigenvalue weighted by molar-refractivity contribution is 7.21. The number of benzene rings is 3. The number of hydrogen-bond donors (Lipinski definition) is 0. The van der Waals surface area contributed by atoms with Crippen molar-refractivity contribution in [1.82, 2.24) is 4.98 Å². The van der Waals surface area contributed by atoms with E-state index in [-0.39, 0.29) is 5.43 Å². The van der Waals surface area contributed by atoms with Gasteiger partial charge in [-0.25, -0.2) is 9.78 Å². The maximum atomic E-state index is 13.2. The van der Waals surface area contributed by atoms with Crippen molar-refractivity contribution in [3.8, 4) is 16.3 Å². The lowest BCUT2D eigenvalue weighted by Crippen LogP contribution is -2.11.